The van der Waals surface area contributed by atoms with Gasteiger partial charge in [0.15, 0.2) is 17.2 Å². The van der Waals surface area contributed by atoms with Gasteiger partial charge in [0.05, 0.1) is 16.9 Å². The van der Waals surface area contributed by atoms with E-state index in [0.29, 0.717) is 46.0 Å². The summed E-state index contributed by atoms with van der Waals surface area (Å²) in [5.74, 6) is 0.192. The van der Waals surface area contributed by atoms with Gasteiger partial charge in [-0.2, -0.15) is 5.10 Å². The first-order valence-electron chi connectivity index (χ1n) is 13.5. The van der Waals surface area contributed by atoms with Crippen LogP contribution >= 0.6 is 0 Å². The maximum absolute atomic E-state index is 14.6. The number of imidazole rings is 1. The molecule has 0 atom stereocenters. The highest BCUT2D eigenvalue weighted by molar-refractivity contribution is 5.95. The first-order valence-corrected chi connectivity index (χ1v) is 13.5. The highest BCUT2D eigenvalue weighted by atomic mass is 19.1. The third kappa shape index (κ3) is 5.57. The van der Waals surface area contributed by atoms with Crippen LogP contribution in [-0.4, -0.2) is 73.2 Å². The fraction of sp³-hybridized carbons (Fsp3) is 0.233. The molecule has 0 bridgehead atoms. The zero-order chi connectivity index (χ0) is 28.5. The van der Waals surface area contributed by atoms with Gasteiger partial charge in [-0.15, -0.1) is 0 Å². The first-order chi connectivity index (χ1) is 19.8. The average Bonchev–Trinajstić information content (AvgIpc) is 3.56. The van der Waals surface area contributed by atoms with Gasteiger partial charge in [-0.25, -0.2) is 19.3 Å². The molecule has 0 spiro atoms. The predicted molar refractivity (Wildman–Crippen MR) is 161 cm³/mol. The van der Waals surface area contributed by atoms with Gasteiger partial charge in [-0.1, -0.05) is 0 Å². The summed E-state index contributed by atoms with van der Waals surface area (Å²) in [5, 5.41) is 14.3. The van der Waals surface area contributed by atoms with E-state index >= 15 is 0 Å². The number of anilines is 2. The normalized spacial score (nSPS) is 11.7. The zero-order valence-corrected chi connectivity index (χ0v) is 23.3. The van der Waals surface area contributed by atoms with Crippen molar-refractivity contribution in [1.29, 1.82) is 0 Å². The van der Waals surface area contributed by atoms with E-state index in [0.717, 1.165) is 34.6 Å². The second kappa shape index (κ2) is 10.9. The molecule has 5 heterocycles. The first kappa shape index (κ1) is 26.3. The summed E-state index contributed by atoms with van der Waals surface area (Å²) in [6.45, 7) is 5.69. The third-order valence-corrected chi connectivity index (χ3v) is 6.60. The van der Waals surface area contributed by atoms with Gasteiger partial charge >= 0.3 is 0 Å². The molecule has 6 rings (SSSR count). The van der Waals surface area contributed by atoms with Gasteiger partial charge in [0.25, 0.3) is 0 Å². The van der Waals surface area contributed by atoms with Crippen LogP contribution in [-0.2, 0) is 0 Å². The number of fused-ring (bicyclic) bond motifs is 2. The average molecular weight is 551 g/mol. The Labute approximate surface area is 236 Å². The molecule has 208 valence electrons. The Balaban J connectivity index is 1.37. The van der Waals surface area contributed by atoms with E-state index in [9.17, 15) is 4.39 Å². The molecule has 0 unspecified atom stereocenters. The van der Waals surface area contributed by atoms with Gasteiger partial charge in [-0.3, -0.25) is 10.1 Å². The number of aromatic amines is 2. The Kier molecular flexibility index (Phi) is 7.02. The van der Waals surface area contributed by atoms with Gasteiger partial charge in [0.2, 0.25) is 0 Å². The van der Waals surface area contributed by atoms with Crippen molar-refractivity contribution in [3.63, 3.8) is 0 Å². The lowest BCUT2D eigenvalue weighted by Gasteiger charge is -2.12. The Hall–Kier alpha value is -4.90. The lowest BCUT2D eigenvalue weighted by Crippen LogP contribution is -2.20. The van der Waals surface area contributed by atoms with E-state index in [-0.39, 0.29) is 11.9 Å². The molecule has 0 aliphatic heterocycles. The van der Waals surface area contributed by atoms with Crippen molar-refractivity contribution in [1.82, 2.24) is 40.0 Å². The lowest BCUT2D eigenvalue weighted by molar-refractivity contribution is 0.425. The molecule has 0 amide bonds. The number of likely N-dealkylation sites (N-methyl/N-ethyl adjacent to an activating group) is 1. The third-order valence-electron chi connectivity index (χ3n) is 6.60. The molecule has 4 N–H and O–H groups in total. The summed E-state index contributed by atoms with van der Waals surface area (Å²) in [4.78, 5) is 24.0. The minimum Gasteiger partial charge on any atom is -0.384 e. The number of nitrogens with one attached hydrogen (secondary N) is 4. The van der Waals surface area contributed by atoms with Crippen molar-refractivity contribution < 1.29 is 4.39 Å². The molecular formula is C30H31FN10. The highest BCUT2D eigenvalue weighted by Gasteiger charge is 2.18. The zero-order valence-electron chi connectivity index (χ0n) is 23.3. The van der Waals surface area contributed by atoms with Gasteiger partial charge < -0.3 is 20.5 Å². The SMILES string of the molecule is CC(C)Nc1cncc(-c2ccc3[nH]nc(-c4nc5c(-c6cc(F)cc(NCCN(C)C)c6)ccnc5[nH]4)c3n2)c1. The topological polar surface area (TPSA) is 123 Å². The fourth-order valence-corrected chi connectivity index (χ4v) is 4.74. The van der Waals surface area contributed by atoms with Crippen LogP contribution in [0.4, 0.5) is 15.8 Å². The quantitative estimate of drug-likeness (QED) is 0.185. The van der Waals surface area contributed by atoms with Crippen LogP contribution in [0.25, 0.3) is 56.1 Å². The summed E-state index contributed by atoms with van der Waals surface area (Å²) in [6, 6.07) is 13.0. The maximum atomic E-state index is 14.6. The molecule has 11 heteroatoms. The number of rotatable bonds is 9. The molecule has 41 heavy (non-hydrogen) atoms. The van der Waals surface area contributed by atoms with Gasteiger partial charge in [-0.05, 0) is 76.0 Å². The molecule has 0 saturated heterocycles. The van der Waals surface area contributed by atoms with Crippen molar-refractivity contribution in [3.05, 3.63) is 66.9 Å². The van der Waals surface area contributed by atoms with Crippen molar-refractivity contribution in [2.45, 2.75) is 19.9 Å². The standard InChI is InChI=1S/C30H31FN10/c1-17(2)35-22-13-19(15-32-16-22)24-5-6-25-27(36-24)28(40-39-25)30-37-26-23(7-8-34-29(26)38-30)18-11-20(31)14-21(12-18)33-9-10-41(3)4/h5-8,11-17,33,35H,9-10H2,1-4H3,(H,39,40)(H,34,37,38). The number of benzene rings is 1. The van der Waals surface area contributed by atoms with E-state index < -0.39 is 0 Å². The monoisotopic (exact) mass is 550 g/mol. The minimum atomic E-state index is -0.326. The molecule has 0 radical (unpaired) electrons. The summed E-state index contributed by atoms with van der Waals surface area (Å²) in [6.07, 6.45) is 5.28. The van der Waals surface area contributed by atoms with Crippen LogP contribution in [0, 0.1) is 5.82 Å². The number of hydrogen-bond acceptors (Lipinski definition) is 8. The molecule has 0 saturated carbocycles. The molecule has 5 aromatic heterocycles. The number of aromatic nitrogens is 7. The smallest absolute Gasteiger partial charge is 0.162 e. The highest BCUT2D eigenvalue weighted by Crippen LogP contribution is 2.32. The maximum Gasteiger partial charge on any atom is 0.162 e. The molecule has 10 nitrogen and oxygen atoms in total. The molecule has 0 aliphatic rings. The summed E-state index contributed by atoms with van der Waals surface area (Å²) < 4.78 is 14.6. The molecular weight excluding hydrogens is 519 g/mol. The summed E-state index contributed by atoms with van der Waals surface area (Å²) in [7, 11) is 4.00. The van der Waals surface area contributed by atoms with Crippen LogP contribution in [0.1, 0.15) is 13.8 Å². The van der Waals surface area contributed by atoms with E-state index in [1.54, 1.807) is 18.6 Å². The van der Waals surface area contributed by atoms with Crippen molar-refractivity contribution in [2.24, 2.45) is 0 Å². The van der Waals surface area contributed by atoms with E-state index in [1.165, 1.54) is 12.1 Å². The van der Waals surface area contributed by atoms with Gasteiger partial charge in [0.1, 0.15) is 16.9 Å². The number of halogens is 1. The number of nitrogens with zero attached hydrogens (tertiary/aromatic N) is 6. The molecule has 6 aromatic rings. The number of hydrogen-bond donors (Lipinski definition) is 4. The van der Waals surface area contributed by atoms with E-state index in [4.69, 9.17) is 9.97 Å². The summed E-state index contributed by atoms with van der Waals surface area (Å²) in [5.41, 5.74) is 7.98. The Morgan fingerprint density at radius 3 is 2.63 bits per heavy atom. The molecule has 1 aromatic carbocycles. The van der Waals surface area contributed by atoms with Crippen LogP contribution < -0.4 is 10.6 Å². The number of H-pyrrole nitrogens is 2. The molecule has 0 aliphatic carbocycles. The lowest BCUT2D eigenvalue weighted by atomic mass is 10.0. The van der Waals surface area contributed by atoms with Crippen LogP contribution in [0.5, 0.6) is 0 Å². The van der Waals surface area contributed by atoms with Crippen LogP contribution in [0.2, 0.25) is 0 Å². The van der Waals surface area contributed by atoms with Crippen LogP contribution in [0.15, 0.2) is 61.1 Å². The minimum absolute atomic E-state index is 0.285. The van der Waals surface area contributed by atoms with E-state index in [1.807, 2.05) is 44.4 Å². The van der Waals surface area contributed by atoms with E-state index in [2.05, 4.69) is 54.5 Å². The Bertz CT molecular complexity index is 1840. The predicted octanol–water partition coefficient (Wildman–Crippen LogP) is 5.56. The largest absolute Gasteiger partial charge is 0.384 e. The Morgan fingerprint density at radius 2 is 1.80 bits per heavy atom. The van der Waals surface area contributed by atoms with Crippen molar-refractivity contribution in [3.8, 4) is 33.9 Å². The van der Waals surface area contributed by atoms with Gasteiger partial charge in [0, 0.05) is 54.5 Å². The second-order valence-electron chi connectivity index (χ2n) is 10.5. The number of pyridine rings is 3. The summed E-state index contributed by atoms with van der Waals surface area (Å²) >= 11 is 0. The second-order valence-corrected chi connectivity index (χ2v) is 10.5. The fourth-order valence-electron chi connectivity index (χ4n) is 4.74. The molecule has 0 fully saturated rings. The Morgan fingerprint density at radius 1 is 0.951 bits per heavy atom. The van der Waals surface area contributed by atoms with Crippen LogP contribution in [0.3, 0.4) is 0 Å². The van der Waals surface area contributed by atoms with Crippen molar-refractivity contribution in [2.75, 3.05) is 37.8 Å². The van der Waals surface area contributed by atoms with Crippen molar-refractivity contribution >= 4 is 33.6 Å².